The van der Waals surface area contributed by atoms with Gasteiger partial charge in [-0.1, -0.05) is 48.5 Å². The van der Waals surface area contributed by atoms with Crippen LogP contribution in [0.1, 0.15) is 22.3 Å². The van der Waals surface area contributed by atoms with Crippen LogP contribution in [0.5, 0.6) is 17.2 Å². The van der Waals surface area contributed by atoms with Gasteiger partial charge in [0.25, 0.3) is 0 Å². The Balaban J connectivity index is 1.99. The van der Waals surface area contributed by atoms with Crippen molar-refractivity contribution in [3.63, 3.8) is 0 Å². The van der Waals surface area contributed by atoms with E-state index in [2.05, 4.69) is 0 Å². The van der Waals surface area contributed by atoms with Crippen LogP contribution in [0.2, 0.25) is 0 Å². The number of rotatable bonds is 2. The Bertz CT molecular complexity index is 1260. The summed E-state index contributed by atoms with van der Waals surface area (Å²) in [7, 11) is 0. The zero-order valence-electron chi connectivity index (χ0n) is 15.6. The Kier molecular flexibility index (Phi) is 3.83. The molecule has 0 aliphatic heterocycles. The van der Waals surface area contributed by atoms with Crippen molar-refractivity contribution < 1.29 is 24.1 Å². The van der Waals surface area contributed by atoms with Gasteiger partial charge in [-0.3, -0.25) is 0 Å². The van der Waals surface area contributed by atoms with Gasteiger partial charge in [-0.15, -0.1) is 0 Å². The molecule has 4 aromatic carbocycles. The summed E-state index contributed by atoms with van der Waals surface area (Å²) < 4.78 is 29.0. The molecule has 0 spiro atoms. The van der Waals surface area contributed by atoms with Crippen LogP contribution in [0.3, 0.4) is 0 Å². The van der Waals surface area contributed by atoms with Crippen LogP contribution in [0.25, 0.3) is 11.1 Å². The minimum atomic E-state index is -1.16. The Morgan fingerprint density at radius 2 is 1.13 bits per heavy atom. The highest BCUT2D eigenvalue weighted by Gasteiger charge is 2.47. The molecule has 30 heavy (non-hydrogen) atoms. The molecule has 0 saturated heterocycles. The monoisotopic (exact) mass is 402 g/mol. The summed E-state index contributed by atoms with van der Waals surface area (Å²) in [5, 5.41) is 30.2. The normalized spacial score (nSPS) is 13.7. The van der Waals surface area contributed by atoms with Crippen molar-refractivity contribution in [2.45, 2.75) is 5.41 Å². The second-order valence-corrected chi connectivity index (χ2v) is 7.33. The second-order valence-electron chi connectivity index (χ2n) is 7.33. The van der Waals surface area contributed by atoms with E-state index in [9.17, 15) is 24.1 Å². The Labute approximate surface area is 171 Å². The van der Waals surface area contributed by atoms with Crippen LogP contribution in [0, 0.1) is 11.6 Å². The van der Waals surface area contributed by atoms with Gasteiger partial charge in [-0.2, -0.15) is 0 Å². The molecule has 0 heterocycles. The van der Waals surface area contributed by atoms with Crippen molar-refractivity contribution in [2.24, 2.45) is 0 Å². The van der Waals surface area contributed by atoms with E-state index >= 15 is 0 Å². The summed E-state index contributed by atoms with van der Waals surface area (Å²) in [6, 6.07) is 20.5. The summed E-state index contributed by atoms with van der Waals surface area (Å²) in [6.45, 7) is 0. The maximum absolute atomic E-state index is 14.5. The molecule has 0 unspecified atom stereocenters. The number of phenolic OH excluding ortho intramolecular Hbond substituents is 3. The smallest absolute Gasteiger partial charge is 0.165 e. The zero-order chi connectivity index (χ0) is 21.0. The molecule has 0 fully saturated rings. The number of aromatic hydroxyl groups is 3. The summed E-state index contributed by atoms with van der Waals surface area (Å²) in [5.74, 6) is -2.55. The van der Waals surface area contributed by atoms with E-state index in [4.69, 9.17) is 0 Å². The molecule has 1 aliphatic carbocycles. The van der Waals surface area contributed by atoms with E-state index < -0.39 is 28.5 Å². The number of benzene rings is 4. The molecule has 0 saturated carbocycles. The molecule has 3 N–H and O–H groups in total. The lowest BCUT2D eigenvalue weighted by Gasteiger charge is -2.34. The van der Waals surface area contributed by atoms with E-state index in [1.807, 2.05) is 30.3 Å². The average molecular weight is 402 g/mol. The van der Waals surface area contributed by atoms with Crippen LogP contribution >= 0.6 is 0 Å². The van der Waals surface area contributed by atoms with Gasteiger partial charge in [0.2, 0.25) is 0 Å². The van der Waals surface area contributed by atoms with Crippen LogP contribution in [0.4, 0.5) is 8.78 Å². The molecular weight excluding hydrogens is 386 g/mol. The van der Waals surface area contributed by atoms with E-state index in [0.717, 1.165) is 11.1 Å². The third kappa shape index (κ3) is 2.29. The SMILES string of the molecule is Oc1ccc(C2(c3ccc(O)c(F)c3)c3ccccc3-c3c(O)cccc32)cc1F. The van der Waals surface area contributed by atoms with E-state index in [1.54, 1.807) is 24.3 Å². The molecule has 0 atom stereocenters. The number of halogens is 2. The fourth-order valence-electron chi connectivity index (χ4n) is 4.58. The van der Waals surface area contributed by atoms with Gasteiger partial charge < -0.3 is 15.3 Å². The van der Waals surface area contributed by atoms with Crippen LogP contribution in [0.15, 0.2) is 78.9 Å². The minimum Gasteiger partial charge on any atom is -0.507 e. The maximum atomic E-state index is 14.5. The molecule has 0 aromatic heterocycles. The molecule has 0 amide bonds. The summed E-state index contributed by atoms with van der Waals surface area (Å²) in [4.78, 5) is 0. The van der Waals surface area contributed by atoms with E-state index in [1.165, 1.54) is 24.3 Å². The first-order valence-corrected chi connectivity index (χ1v) is 9.35. The van der Waals surface area contributed by atoms with Crippen LogP contribution < -0.4 is 0 Å². The topological polar surface area (TPSA) is 60.7 Å². The molecule has 4 aromatic rings. The van der Waals surface area contributed by atoms with E-state index in [-0.39, 0.29) is 5.75 Å². The third-order valence-electron chi connectivity index (χ3n) is 5.81. The lowest BCUT2D eigenvalue weighted by atomic mass is 9.67. The summed E-state index contributed by atoms with van der Waals surface area (Å²) in [6.07, 6.45) is 0. The number of fused-ring (bicyclic) bond motifs is 3. The molecule has 0 radical (unpaired) electrons. The fraction of sp³-hybridized carbons (Fsp3) is 0.0400. The predicted molar refractivity (Wildman–Crippen MR) is 109 cm³/mol. The molecule has 148 valence electrons. The highest BCUT2D eigenvalue weighted by molar-refractivity contribution is 5.89. The summed E-state index contributed by atoms with van der Waals surface area (Å²) in [5.41, 5.74) is 2.46. The number of phenols is 3. The van der Waals surface area contributed by atoms with Crippen LogP contribution in [-0.4, -0.2) is 15.3 Å². The Hall–Kier alpha value is -3.86. The van der Waals surface area contributed by atoms with Gasteiger partial charge in [0.15, 0.2) is 23.1 Å². The van der Waals surface area contributed by atoms with Crippen molar-refractivity contribution in [1.29, 1.82) is 0 Å². The number of hydrogen-bond donors (Lipinski definition) is 3. The van der Waals surface area contributed by atoms with Gasteiger partial charge >= 0.3 is 0 Å². The second kappa shape index (κ2) is 6.32. The zero-order valence-corrected chi connectivity index (χ0v) is 15.6. The van der Waals surface area contributed by atoms with Crippen molar-refractivity contribution in [1.82, 2.24) is 0 Å². The quantitative estimate of drug-likeness (QED) is 0.368. The van der Waals surface area contributed by atoms with Gasteiger partial charge in [0.1, 0.15) is 5.75 Å². The highest BCUT2D eigenvalue weighted by Crippen LogP contribution is 2.58. The molecule has 5 heteroatoms. The van der Waals surface area contributed by atoms with Crippen molar-refractivity contribution in [2.75, 3.05) is 0 Å². The highest BCUT2D eigenvalue weighted by atomic mass is 19.1. The van der Waals surface area contributed by atoms with Crippen molar-refractivity contribution in [3.8, 4) is 28.4 Å². The largest absolute Gasteiger partial charge is 0.507 e. The summed E-state index contributed by atoms with van der Waals surface area (Å²) >= 11 is 0. The van der Waals surface area contributed by atoms with Gasteiger partial charge in [0.05, 0.1) is 5.41 Å². The van der Waals surface area contributed by atoms with Gasteiger partial charge in [-0.25, -0.2) is 8.78 Å². The van der Waals surface area contributed by atoms with Gasteiger partial charge in [-0.05, 0) is 58.1 Å². The molecule has 0 bridgehead atoms. The lowest BCUT2D eigenvalue weighted by molar-refractivity contribution is 0.430. The lowest BCUT2D eigenvalue weighted by Crippen LogP contribution is -2.28. The van der Waals surface area contributed by atoms with Crippen molar-refractivity contribution in [3.05, 3.63) is 113 Å². The first-order chi connectivity index (χ1) is 14.4. The standard InChI is InChI=1S/C25H16F2O3/c26-19-12-14(8-10-21(19)28)25(15-9-11-22(29)20(27)13-15)17-5-2-1-4-16(17)24-18(25)6-3-7-23(24)30/h1-13,28-30H. The Morgan fingerprint density at radius 1 is 0.567 bits per heavy atom. The van der Waals surface area contributed by atoms with Crippen molar-refractivity contribution >= 4 is 0 Å². The first kappa shape index (κ1) is 18.2. The minimum absolute atomic E-state index is 0.0559. The average Bonchev–Trinajstić information content (AvgIpc) is 3.04. The molecule has 1 aliphatic rings. The van der Waals surface area contributed by atoms with Crippen LogP contribution in [-0.2, 0) is 5.41 Å². The predicted octanol–water partition coefficient (Wildman–Crippen LogP) is 5.44. The first-order valence-electron chi connectivity index (χ1n) is 9.35. The van der Waals surface area contributed by atoms with Gasteiger partial charge in [0, 0.05) is 5.56 Å². The number of hydrogen-bond acceptors (Lipinski definition) is 3. The third-order valence-corrected chi connectivity index (χ3v) is 5.81. The van der Waals surface area contributed by atoms with E-state index in [0.29, 0.717) is 22.3 Å². The molecular formula is C25H16F2O3. The molecule has 5 rings (SSSR count). The maximum Gasteiger partial charge on any atom is 0.165 e. The fourth-order valence-corrected chi connectivity index (χ4v) is 4.58. The molecule has 3 nitrogen and oxygen atoms in total. The Morgan fingerprint density at radius 3 is 1.73 bits per heavy atom.